The number of hydrogen-bond acceptors (Lipinski definition) is 1. The van der Waals surface area contributed by atoms with Crippen LogP contribution in [0.15, 0.2) is 12.7 Å². The summed E-state index contributed by atoms with van der Waals surface area (Å²) in [5, 5.41) is 2.91. The molecule has 1 rings (SSSR count). The highest BCUT2D eigenvalue weighted by Crippen LogP contribution is 2.16. The minimum atomic E-state index is -0.0306. The minimum Gasteiger partial charge on any atom is -0.350 e. The van der Waals surface area contributed by atoms with Gasteiger partial charge in [-0.3, -0.25) is 4.79 Å². The number of nitrogens with one attached hydrogen (secondary N) is 1. The average molecular weight is 197 g/mol. The lowest BCUT2D eigenvalue weighted by Crippen LogP contribution is -2.34. The SMILES string of the molecule is C=CC(=O)NC1CCCCC1.CCC. The van der Waals surface area contributed by atoms with Gasteiger partial charge in [0, 0.05) is 6.04 Å². The van der Waals surface area contributed by atoms with Crippen molar-refractivity contribution in [1.82, 2.24) is 5.32 Å². The molecule has 0 radical (unpaired) electrons. The predicted octanol–water partition coefficient (Wildman–Crippen LogP) is 3.04. The Morgan fingerprint density at radius 2 is 1.86 bits per heavy atom. The normalized spacial score (nSPS) is 16.4. The van der Waals surface area contributed by atoms with Crippen LogP contribution in [0.25, 0.3) is 0 Å². The summed E-state index contributed by atoms with van der Waals surface area (Å²) in [7, 11) is 0. The van der Waals surface area contributed by atoms with E-state index in [2.05, 4.69) is 25.7 Å². The topological polar surface area (TPSA) is 29.1 Å². The number of carbonyl (C=O) groups excluding carboxylic acids is 1. The van der Waals surface area contributed by atoms with Crippen molar-refractivity contribution in [3.05, 3.63) is 12.7 Å². The van der Waals surface area contributed by atoms with Crippen LogP contribution in [0.4, 0.5) is 0 Å². The van der Waals surface area contributed by atoms with Crippen LogP contribution in [0.1, 0.15) is 52.4 Å². The van der Waals surface area contributed by atoms with Gasteiger partial charge >= 0.3 is 0 Å². The molecule has 2 heteroatoms. The standard InChI is InChI=1S/C9H15NO.C3H8/c1-2-9(11)10-8-6-4-3-5-7-8;1-3-2/h2,8H,1,3-7H2,(H,10,11);3H2,1-2H3. The van der Waals surface area contributed by atoms with Crippen molar-refractivity contribution in [3.8, 4) is 0 Å². The minimum absolute atomic E-state index is 0.0306. The summed E-state index contributed by atoms with van der Waals surface area (Å²) in [4.78, 5) is 10.9. The Hall–Kier alpha value is -0.790. The Labute approximate surface area is 87.8 Å². The van der Waals surface area contributed by atoms with Gasteiger partial charge in [0.2, 0.25) is 5.91 Å². The molecular weight excluding hydrogens is 174 g/mol. The van der Waals surface area contributed by atoms with Gasteiger partial charge in [0.05, 0.1) is 0 Å². The first kappa shape index (κ1) is 13.2. The van der Waals surface area contributed by atoms with Crippen molar-refractivity contribution >= 4 is 5.91 Å². The quantitative estimate of drug-likeness (QED) is 0.677. The fraction of sp³-hybridized carbons (Fsp3) is 0.750. The van der Waals surface area contributed by atoms with E-state index < -0.39 is 0 Å². The molecule has 0 aromatic heterocycles. The van der Waals surface area contributed by atoms with E-state index in [0.29, 0.717) is 6.04 Å². The van der Waals surface area contributed by atoms with E-state index in [4.69, 9.17) is 0 Å². The second-order valence-electron chi connectivity index (χ2n) is 3.75. The van der Waals surface area contributed by atoms with Gasteiger partial charge in [-0.25, -0.2) is 0 Å². The number of carbonyl (C=O) groups is 1. The van der Waals surface area contributed by atoms with Crippen molar-refractivity contribution in [1.29, 1.82) is 0 Å². The smallest absolute Gasteiger partial charge is 0.243 e. The van der Waals surface area contributed by atoms with Crippen LogP contribution in [0.3, 0.4) is 0 Å². The third-order valence-corrected chi connectivity index (χ3v) is 2.14. The highest BCUT2D eigenvalue weighted by atomic mass is 16.1. The molecule has 1 amide bonds. The van der Waals surface area contributed by atoms with E-state index in [-0.39, 0.29) is 5.91 Å². The molecule has 1 N–H and O–H groups in total. The van der Waals surface area contributed by atoms with Crippen molar-refractivity contribution in [2.45, 2.75) is 58.4 Å². The van der Waals surface area contributed by atoms with E-state index in [0.717, 1.165) is 12.8 Å². The molecule has 1 aliphatic carbocycles. The fourth-order valence-electron chi connectivity index (χ4n) is 1.51. The molecule has 0 heterocycles. The van der Waals surface area contributed by atoms with Crippen molar-refractivity contribution in [3.63, 3.8) is 0 Å². The summed E-state index contributed by atoms with van der Waals surface area (Å²) in [5.41, 5.74) is 0. The zero-order valence-corrected chi connectivity index (χ0v) is 9.51. The fourth-order valence-corrected chi connectivity index (χ4v) is 1.51. The summed E-state index contributed by atoms with van der Waals surface area (Å²) in [6.07, 6.45) is 8.69. The lowest BCUT2D eigenvalue weighted by atomic mass is 9.95. The van der Waals surface area contributed by atoms with Gasteiger partial charge in [-0.05, 0) is 18.9 Å². The zero-order chi connectivity index (χ0) is 10.8. The van der Waals surface area contributed by atoms with E-state index in [1.165, 1.54) is 31.8 Å². The van der Waals surface area contributed by atoms with Gasteiger partial charge in [-0.1, -0.05) is 46.1 Å². The lowest BCUT2D eigenvalue weighted by Gasteiger charge is -2.21. The first-order chi connectivity index (χ1) is 6.74. The molecular formula is C12H23NO. The first-order valence-electron chi connectivity index (χ1n) is 5.67. The molecule has 1 fully saturated rings. The second-order valence-corrected chi connectivity index (χ2v) is 3.75. The summed E-state index contributed by atoms with van der Waals surface area (Å²) in [6.45, 7) is 7.66. The van der Waals surface area contributed by atoms with Gasteiger partial charge in [0.15, 0.2) is 0 Å². The van der Waals surface area contributed by atoms with E-state index in [9.17, 15) is 4.79 Å². The van der Waals surface area contributed by atoms with Gasteiger partial charge in [-0.15, -0.1) is 0 Å². The van der Waals surface area contributed by atoms with Crippen molar-refractivity contribution in [2.24, 2.45) is 0 Å². The number of rotatable bonds is 2. The average Bonchev–Trinajstić information content (AvgIpc) is 2.20. The maximum Gasteiger partial charge on any atom is 0.243 e. The number of amides is 1. The Balaban J connectivity index is 0.000000500. The lowest BCUT2D eigenvalue weighted by molar-refractivity contribution is -0.117. The second kappa shape index (κ2) is 8.79. The molecule has 2 nitrogen and oxygen atoms in total. The molecule has 0 saturated heterocycles. The first-order valence-corrected chi connectivity index (χ1v) is 5.67. The molecule has 14 heavy (non-hydrogen) atoms. The molecule has 1 saturated carbocycles. The van der Waals surface area contributed by atoms with Gasteiger partial charge in [0.1, 0.15) is 0 Å². The Bertz CT molecular complexity index is 160. The van der Waals surface area contributed by atoms with Crippen LogP contribution in [-0.2, 0) is 4.79 Å². The van der Waals surface area contributed by atoms with Crippen LogP contribution in [0.2, 0.25) is 0 Å². The van der Waals surface area contributed by atoms with Crippen LogP contribution in [0.5, 0.6) is 0 Å². The van der Waals surface area contributed by atoms with Crippen LogP contribution in [-0.4, -0.2) is 11.9 Å². The van der Waals surface area contributed by atoms with E-state index in [1.54, 1.807) is 0 Å². The number of hydrogen-bond donors (Lipinski definition) is 1. The zero-order valence-electron chi connectivity index (χ0n) is 9.51. The molecule has 0 spiro atoms. The van der Waals surface area contributed by atoms with Crippen LogP contribution < -0.4 is 5.32 Å². The summed E-state index contributed by atoms with van der Waals surface area (Å²) in [6, 6.07) is 0.411. The Morgan fingerprint density at radius 1 is 1.36 bits per heavy atom. The van der Waals surface area contributed by atoms with Crippen molar-refractivity contribution < 1.29 is 4.79 Å². The molecule has 82 valence electrons. The van der Waals surface area contributed by atoms with Crippen molar-refractivity contribution in [2.75, 3.05) is 0 Å². The van der Waals surface area contributed by atoms with Crippen LogP contribution >= 0.6 is 0 Å². The molecule has 1 aliphatic rings. The summed E-state index contributed by atoms with van der Waals surface area (Å²) in [5.74, 6) is -0.0306. The molecule has 0 aliphatic heterocycles. The maximum absolute atomic E-state index is 10.9. The predicted molar refractivity (Wildman–Crippen MR) is 61.2 cm³/mol. The molecule has 0 bridgehead atoms. The maximum atomic E-state index is 10.9. The Morgan fingerprint density at radius 3 is 2.29 bits per heavy atom. The van der Waals surface area contributed by atoms with Crippen LogP contribution in [0, 0.1) is 0 Å². The summed E-state index contributed by atoms with van der Waals surface area (Å²) >= 11 is 0. The molecule has 0 aromatic rings. The Kier molecular flexibility index (Phi) is 8.30. The summed E-state index contributed by atoms with van der Waals surface area (Å²) < 4.78 is 0. The molecule has 0 aromatic carbocycles. The third-order valence-electron chi connectivity index (χ3n) is 2.14. The third kappa shape index (κ3) is 6.70. The highest BCUT2D eigenvalue weighted by Gasteiger charge is 2.13. The highest BCUT2D eigenvalue weighted by molar-refractivity contribution is 5.87. The molecule has 0 unspecified atom stereocenters. The monoisotopic (exact) mass is 197 g/mol. The van der Waals surface area contributed by atoms with Gasteiger partial charge in [-0.2, -0.15) is 0 Å². The van der Waals surface area contributed by atoms with Gasteiger partial charge < -0.3 is 5.32 Å². The van der Waals surface area contributed by atoms with E-state index in [1.807, 2.05) is 0 Å². The van der Waals surface area contributed by atoms with E-state index >= 15 is 0 Å². The van der Waals surface area contributed by atoms with Gasteiger partial charge in [0.25, 0.3) is 0 Å². The molecule has 0 atom stereocenters. The largest absolute Gasteiger partial charge is 0.350 e.